The minimum atomic E-state index is -0.508. The lowest BCUT2D eigenvalue weighted by atomic mass is 10.1. The molecule has 1 aromatic carbocycles. The third kappa shape index (κ3) is 8.00. The lowest BCUT2D eigenvalue weighted by Gasteiger charge is -2.27. The Kier molecular flexibility index (Phi) is 10.9. The van der Waals surface area contributed by atoms with Gasteiger partial charge in [-0.1, -0.05) is 30.3 Å². The molecule has 0 aliphatic carbocycles. The summed E-state index contributed by atoms with van der Waals surface area (Å²) < 4.78 is 11.1. The summed E-state index contributed by atoms with van der Waals surface area (Å²) in [6.45, 7) is 6.96. The molecule has 204 valence electrons. The Morgan fingerprint density at radius 3 is 2.35 bits per heavy atom. The Bertz CT molecular complexity index is 923. The fraction of sp³-hybridized carbons (Fsp3) is 0.630. The second-order valence-corrected chi connectivity index (χ2v) is 9.53. The predicted molar refractivity (Wildman–Crippen MR) is 138 cm³/mol. The highest BCUT2D eigenvalue weighted by atomic mass is 16.5. The maximum Gasteiger partial charge on any atom is 0.248 e. The number of carbonyl (C=O) groups is 4. The molecular weight excluding hydrogens is 476 g/mol. The quantitative estimate of drug-likeness (QED) is 0.405. The van der Waals surface area contributed by atoms with Gasteiger partial charge in [-0.25, -0.2) is 0 Å². The molecule has 2 heterocycles. The highest BCUT2D eigenvalue weighted by molar-refractivity contribution is 5.91. The van der Waals surface area contributed by atoms with Crippen LogP contribution in [0.3, 0.4) is 0 Å². The van der Waals surface area contributed by atoms with Gasteiger partial charge in [-0.3, -0.25) is 19.2 Å². The van der Waals surface area contributed by atoms with E-state index in [4.69, 9.17) is 9.47 Å². The Morgan fingerprint density at radius 1 is 0.973 bits per heavy atom. The number of methoxy groups -OCH3 is 1. The van der Waals surface area contributed by atoms with Gasteiger partial charge in [-0.2, -0.15) is 0 Å². The second kappa shape index (κ2) is 14.1. The number of benzene rings is 1. The third-order valence-corrected chi connectivity index (χ3v) is 7.04. The highest BCUT2D eigenvalue weighted by Crippen LogP contribution is 2.22. The molecule has 2 saturated heterocycles. The van der Waals surface area contributed by atoms with E-state index in [1.807, 2.05) is 44.2 Å². The Morgan fingerprint density at radius 2 is 1.68 bits per heavy atom. The maximum absolute atomic E-state index is 13.4. The van der Waals surface area contributed by atoms with Crippen molar-refractivity contribution in [3.63, 3.8) is 0 Å². The molecule has 37 heavy (non-hydrogen) atoms. The molecule has 0 N–H and O–H groups in total. The predicted octanol–water partition coefficient (Wildman–Crippen LogP) is 0.648. The molecule has 2 fully saturated rings. The number of amides is 4. The molecule has 0 aromatic heterocycles. The zero-order valence-corrected chi connectivity index (χ0v) is 22.3. The molecular formula is C27H40N4O6. The van der Waals surface area contributed by atoms with Crippen molar-refractivity contribution in [1.29, 1.82) is 0 Å². The first-order valence-electron chi connectivity index (χ1n) is 13.1. The normalized spacial score (nSPS) is 20.4. The summed E-state index contributed by atoms with van der Waals surface area (Å²) in [4.78, 5) is 58.2. The third-order valence-electron chi connectivity index (χ3n) is 7.04. The van der Waals surface area contributed by atoms with E-state index in [0.29, 0.717) is 52.3 Å². The average Bonchev–Trinajstić information content (AvgIpc) is 3.19. The first-order chi connectivity index (χ1) is 17.9. The van der Waals surface area contributed by atoms with Crippen LogP contribution in [0.5, 0.6) is 0 Å². The number of nitrogens with zero attached hydrogens (tertiary/aromatic N) is 4. The molecule has 3 rings (SSSR count). The molecule has 2 aliphatic heterocycles. The van der Waals surface area contributed by atoms with E-state index < -0.39 is 12.0 Å². The van der Waals surface area contributed by atoms with Crippen LogP contribution in [0.25, 0.3) is 0 Å². The standard InChI is InChI=1S/C27H40N4O6/c1-4-28(5-2)26(34)20-37-23-17-29(12-11-21-9-7-6-8-10-21)25(33)19-31(18-23)27(35)22-15-24(32)30(16-22)13-14-36-3/h6-10,22-23H,4-5,11-20H2,1-3H3/t22-,23+/m1/s1. The fourth-order valence-corrected chi connectivity index (χ4v) is 4.85. The summed E-state index contributed by atoms with van der Waals surface area (Å²) in [5.74, 6) is -1.10. The van der Waals surface area contributed by atoms with E-state index >= 15 is 0 Å². The van der Waals surface area contributed by atoms with Crippen LogP contribution in [0.2, 0.25) is 0 Å². The van der Waals surface area contributed by atoms with Crippen LogP contribution in [0, 0.1) is 5.92 Å². The first-order valence-corrected chi connectivity index (χ1v) is 13.1. The molecule has 0 unspecified atom stereocenters. The monoisotopic (exact) mass is 516 g/mol. The van der Waals surface area contributed by atoms with E-state index in [1.165, 1.54) is 4.90 Å². The lowest BCUT2D eigenvalue weighted by molar-refractivity contribution is -0.142. The van der Waals surface area contributed by atoms with Gasteiger partial charge in [0.2, 0.25) is 23.6 Å². The lowest BCUT2D eigenvalue weighted by Crippen LogP contribution is -2.44. The number of hydrogen-bond donors (Lipinski definition) is 0. The van der Waals surface area contributed by atoms with E-state index in [9.17, 15) is 19.2 Å². The van der Waals surface area contributed by atoms with Crippen molar-refractivity contribution >= 4 is 23.6 Å². The minimum absolute atomic E-state index is 0.0692. The Labute approximate surface area is 219 Å². The second-order valence-electron chi connectivity index (χ2n) is 9.53. The van der Waals surface area contributed by atoms with Crippen molar-refractivity contribution in [3.8, 4) is 0 Å². The summed E-state index contributed by atoms with van der Waals surface area (Å²) in [6.07, 6.45) is 0.293. The topological polar surface area (TPSA) is 99.7 Å². The van der Waals surface area contributed by atoms with Crippen molar-refractivity contribution in [1.82, 2.24) is 19.6 Å². The molecule has 0 radical (unpaired) electrons. The van der Waals surface area contributed by atoms with Crippen molar-refractivity contribution in [2.75, 3.05) is 72.7 Å². The van der Waals surface area contributed by atoms with E-state index in [0.717, 1.165) is 5.56 Å². The molecule has 0 saturated carbocycles. The Balaban J connectivity index is 1.70. The van der Waals surface area contributed by atoms with Gasteiger partial charge in [0.1, 0.15) is 6.61 Å². The van der Waals surface area contributed by atoms with Crippen molar-refractivity contribution < 1.29 is 28.7 Å². The van der Waals surface area contributed by atoms with Gasteiger partial charge in [0.15, 0.2) is 0 Å². The van der Waals surface area contributed by atoms with E-state index in [-0.39, 0.29) is 49.7 Å². The summed E-state index contributed by atoms with van der Waals surface area (Å²) in [7, 11) is 1.57. The van der Waals surface area contributed by atoms with Gasteiger partial charge in [0, 0.05) is 59.3 Å². The van der Waals surface area contributed by atoms with Gasteiger partial charge < -0.3 is 29.1 Å². The fourth-order valence-electron chi connectivity index (χ4n) is 4.85. The van der Waals surface area contributed by atoms with Crippen LogP contribution in [0.4, 0.5) is 0 Å². The van der Waals surface area contributed by atoms with Crippen LogP contribution < -0.4 is 0 Å². The molecule has 0 bridgehead atoms. The van der Waals surface area contributed by atoms with Gasteiger partial charge in [0.05, 0.1) is 25.2 Å². The summed E-state index contributed by atoms with van der Waals surface area (Å²) >= 11 is 0. The Hall–Kier alpha value is -2.98. The molecule has 4 amide bonds. The van der Waals surface area contributed by atoms with Gasteiger partial charge >= 0.3 is 0 Å². The van der Waals surface area contributed by atoms with Crippen LogP contribution in [-0.2, 0) is 35.1 Å². The molecule has 0 spiro atoms. The van der Waals surface area contributed by atoms with Gasteiger partial charge in [-0.15, -0.1) is 0 Å². The summed E-state index contributed by atoms with van der Waals surface area (Å²) in [6, 6.07) is 9.90. The van der Waals surface area contributed by atoms with Gasteiger partial charge in [-0.05, 0) is 25.8 Å². The number of hydrogen-bond acceptors (Lipinski definition) is 6. The first kappa shape index (κ1) is 28.6. The number of carbonyl (C=O) groups excluding carboxylic acids is 4. The smallest absolute Gasteiger partial charge is 0.248 e. The average molecular weight is 517 g/mol. The number of ether oxygens (including phenoxy) is 2. The summed E-state index contributed by atoms with van der Waals surface area (Å²) in [5.41, 5.74) is 1.11. The number of rotatable bonds is 12. The largest absolute Gasteiger partial charge is 0.383 e. The van der Waals surface area contributed by atoms with Gasteiger partial charge in [0.25, 0.3) is 0 Å². The van der Waals surface area contributed by atoms with Crippen molar-refractivity contribution in [2.45, 2.75) is 32.8 Å². The van der Waals surface area contributed by atoms with E-state index in [1.54, 1.807) is 21.8 Å². The molecule has 10 nitrogen and oxygen atoms in total. The van der Waals surface area contributed by atoms with Crippen LogP contribution >= 0.6 is 0 Å². The van der Waals surface area contributed by atoms with Crippen LogP contribution in [0.15, 0.2) is 30.3 Å². The highest BCUT2D eigenvalue weighted by Gasteiger charge is 2.39. The van der Waals surface area contributed by atoms with E-state index in [2.05, 4.69) is 0 Å². The minimum Gasteiger partial charge on any atom is -0.383 e. The molecule has 2 aliphatic rings. The number of likely N-dealkylation sites (tertiary alicyclic amines) is 1. The van der Waals surface area contributed by atoms with Crippen LogP contribution in [0.1, 0.15) is 25.8 Å². The zero-order chi connectivity index (χ0) is 26.8. The molecule has 2 atom stereocenters. The van der Waals surface area contributed by atoms with Crippen molar-refractivity contribution in [2.24, 2.45) is 5.92 Å². The summed E-state index contributed by atoms with van der Waals surface area (Å²) in [5, 5.41) is 0. The number of likely N-dealkylation sites (N-methyl/N-ethyl adjacent to an activating group) is 1. The maximum atomic E-state index is 13.4. The molecule has 1 aromatic rings. The zero-order valence-electron chi connectivity index (χ0n) is 22.3. The SMILES string of the molecule is CCN(CC)C(=O)CO[C@H]1CN(CCc2ccccc2)C(=O)CN(C(=O)[C@@H]2CC(=O)N(CCOC)C2)C1. The van der Waals surface area contributed by atoms with Crippen LogP contribution in [-0.4, -0.2) is 122 Å². The van der Waals surface area contributed by atoms with Crippen molar-refractivity contribution in [3.05, 3.63) is 35.9 Å². The molecule has 10 heteroatoms.